The average molecular weight is 298 g/mol. The summed E-state index contributed by atoms with van der Waals surface area (Å²) in [5, 5.41) is 2.72. The van der Waals surface area contributed by atoms with Gasteiger partial charge in [-0.1, -0.05) is 0 Å². The minimum atomic E-state index is -3.44. The number of amides is 1. The fraction of sp³-hybridized carbons (Fsp3) is 0.462. The van der Waals surface area contributed by atoms with Crippen LogP contribution in [0.25, 0.3) is 0 Å². The molecular formula is C13H18N2O4S. The molecule has 6 nitrogen and oxygen atoms in total. The second kappa shape index (κ2) is 5.90. The van der Waals surface area contributed by atoms with Crippen molar-refractivity contribution in [2.24, 2.45) is 0 Å². The van der Waals surface area contributed by atoms with E-state index in [1.807, 2.05) is 0 Å². The fourth-order valence-electron chi connectivity index (χ4n) is 1.93. The van der Waals surface area contributed by atoms with Crippen LogP contribution in [-0.2, 0) is 19.6 Å². The summed E-state index contributed by atoms with van der Waals surface area (Å²) in [5.41, 5.74) is 0.559. The summed E-state index contributed by atoms with van der Waals surface area (Å²) in [6.45, 7) is 0.609. The van der Waals surface area contributed by atoms with Crippen LogP contribution in [0.1, 0.15) is 12.8 Å². The van der Waals surface area contributed by atoms with Gasteiger partial charge in [0.15, 0.2) is 0 Å². The molecule has 2 rings (SSSR count). The predicted molar refractivity (Wildman–Crippen MR) is 74.9 cm³/mol. The van der Waals surface area contributed by atoms with Crippen molar-refractivity contribution in [3.05, 3.63) is 24.3 Å². The lowest BCUT2D eigenvalue weighted by atomic mass is 10.2. The van der Waals surface area contributed by atoms with Crippen LogP contribution in [0, 0.1) is 0 Å². The number of anilines is 1. The van der Waals surface area contributed by atoms with E-state index in [2.05, 4.69) is 5.32 Å². The number of nitrogens with one attached hydrogen (secondary N) is 1. The van der Waals surface area contributed by atoms with E-state index in [9.17, 15) is 13.2 Å². The van der Waals surface area contributed by atoms with Gasteiger partial charge >= 0.3 is 0 Å². The van der Waals surface area contributed by atoms with Crippen LogP contribution >= 0.6 is 0 Å². The van der Waals surface area contributed by atoms with E-state index in [0.717, 1.165) is 17.1 Å². The molecule has 0 bridgehead atoms. The lowest BCUT2D eigenvalue weighted by Crippen LogP contribution is -2.27. The number of benzene rings is 1. The summed E-state index contributed by atoms with van der Waals surface area (Å²) in [6.07, 6.45) is 1.21. The number of hydrogen-bond acceptors (Lipinski definition) is 4. The van der Waals surface area contributed by atoms with E-state index in [1.165, 1.54) is 26.2 Å². The van der Waals surface area contributed by atoms with Crippen molar-refractivity contribution < 1.29 is 17.9 Å². The van der Waals surface area contributed by atoms with Crippen LogP contribution in [-0.4, -0.2) is 45.4 Å². The zero-order chi connectivity index (χ0) is 14.8. The van der Waals surface area contributed by atoms with Gasteiger partial charge in [0, 0.05) is 26.4 Å². The van der Waals surface area contributed by atoms with E-state index in [-0.39, 0.29) is 10.8 Å². The molecular weight excluding hydrogens is 280 g/mol. The van der Waals surface area contributed by atoms with Crippen LogP contribution < -0.4 is 5.32 Å². The van der Waals surface area contributed by atoms with E-state index in [4.69, 9.17) is 4.74 Å². The van der Waals surface area contributed by atoms with Crippen LogP contribution in [0.2, 0.25) is 0 Å². The lowest BCUT2D eigenvalue weighted by Gasteiger charge is -2.13. The molecule has 1 heterocycles. The second-order valence-electron chi connectivity index (χ2n) is 4.80. The van der Waals surface area contributed by atoms with E-state index >= 15 is 0 Å². The first-order valence-electron chi connectivity index (χ1n) is 6.36. The molecule has 1 saturated heterocycles. The van der Waals surface area contributed by atoms with Gasteiger partial charge in [0.05, 0.1) is 4.90 Å². The Labute approximate surface area is 118 Å². The fourth-order valence-corrected chi connectivity index (χ4v) is 2.83. The first-order chi connectivity index (χ1) is 9.41. The molecule has 1 aromatic carbocycles. The van der Waals surface area contributed by atoms with Crippen molar-refractivity contribution in [3.63, 3.8) is 0 Å². The quantitative estimate of drug-likeness (QED) is 0.901. The monoisotopic (exact) mass is 298 g/mol. The number of hydrogen-bond donors (Lipinski definition) is 1. The standard InChI is InChI=1S/C13H18N2O4S/c1-15(2)20(17,18)11-7-5-10(6-8-11)14-13(16)12-4-3-9-19-12/h5-8,12H,3-4,9H2,1-2H3,(H,14,16)/t12-/m1/s1. The molecule has 1 atom stereocenters. The SMILES string of the molecule is CN(C)S(=O)(=O)c1ccc(NC(=O)[C@H]2CCCO2)cc1. The Bertz CT molecular complexity index is 575. The van der Waals surface area contributed by atoms with Crippen molar-refractivity contribution in [2.45, 2.75) is 23.8 Å². The van der Waals surface area contributed by atoms with Gasteiger partial charge in [0.25, 0.3) is 5.91 Å². The number of rotatable bonds is 4. The summed E-state index contributed by atoms with van der Waals surface area (Å²) >= 11 is 0. The Kier molecular flexibility index (Phi) is 4.42. The number of sulfonamides is 1. The molecule has 110 valence electrons. The van der Waals surface area contributed by atoms with Crippen molar-refractivity contribution in [1.82, 2.24) is 4.31 Å². The molecule has 1 aromatic rings. The van der Waals surface area contributed by atoms with E-state index in [1.54, 1.807) is 12.1 Å². The van der Waals surface area contributed by atoms with E-state index < -0.39 is 16.1 Å². The molecule has 1 fully saturated rings. The normalized spacial score (nSPS) is 19.2. The summed E-state index contributed by atoms with van der Waals surface area (Å²) in [6, 6.07) is 6.09. The molecule has 7 heteroatoms. The Morgan fingerprint density at radius 2 is 1.95 bits per heavy atom. The third-order valence-electron chi connectivity index (χ3n) is 3.12. The number of carbonyl (C=O) groups excluding carboxylic acids is 1. The Morgan fingerprint density at radius 1 is 1.30 bits per heavy atom. The Morgan fingerprint density at radius 3 is 2.45 bits per heavy atom. The topological polar surface area (TPSA) is 75.7 Å². The number of carbonyl (C=O) groups is 1. The molecule has 0 aliphatic carbocycles. The van der Waals surface area contributed by atoms with Gasteiger partial charge < -0.3 is 10.1 Å². The molecule has 1 aliphatic heterocycles. The first kappa shape index (κ1) is 15.0. The van der Waals surface area contributed by atoms with Crippen LogP contribution in [0.5, 0.6) is 0 Å². The molecule has 1 N–H and O–H groups in total. The zero-order valence-electron chi connectivity index (χ0n) is 11.5. The van der Waals surface area contributed by atoms with Gasteiger partial charge in [-0.2, -0.15) is 0 Å². The Hall–Kier alpha value is -1.44. The number of ether oxygens (including phenoxy) is 1. The smallest absolute Gasteiger partial charge is 0.253 e. The molecule has 20 heavy (non-hydrogen) atoms. The predicted octanol–water partition coefficient (Wildman–Crippen LogP) is 1.05. The third-order valence-corrected chi connectivity index (χ3v) is 4.95. The van der Waals surface area contributed by atoms with Gasteiger partial charge in [-0.15, -0.1) is 0 Å². The maximum atomic E-state index is 11.9. The van der Waals surface area contributed by atoms with Gasteiger partial charge in [0.1, 0.15) is 6.10 Å². The van der Waals surface area contributed by atoms with Gasteiger partial charge in [0.2, 0.25) is 10.0 Å². The molecule has 1 amide bonds. The highest BCUT2D eigenvalue weighted by Crippen LogP contribution is 2.18. The second-order valence-corrected chi connectivity index (χ2v) is 6.95. The maximum Gasteiger partial charge on any atom is 0.253 e. The van der Waals surface area contributed by atoms with E-state index in [0.29, 0.717) is 12.3 Å². The van der Waals surface area contributed by atoms with Crippen molar-refractivity contribution in [1.29, 1.82) is 0 Å². The Balaban J connectivity index is 2.07. The molecule has 0 spiro atoms. The molecule has 0 aromatic heterocycles. The number of nitrogens with zero attached hydrogens (tertiary/aromatic N) is 1. The highest BCUT2D eigenvalue weighted by Gasteiger charge is 2.23. The minimum Gasteiger partial charge on any atom is -0.368 e. The molecule has 0 radical (unpaired) electrons. The summed E-state index contributed by atoms with van der Waals surface area (Å²) < 4.78 is 30.2. The lowest BCUT2D eigenvalue weighted by molar-refractivity contribution is -0.124. The highest BCUT2D eigenvalue weighted by atomic mass is 32.2. The molecule has 0 saturated carbocycles. The summed E-state index contributed by atoms with van der Waals surface area (Å²) in [7, 11) is -0.493. The van der Waals surface area contributed by atoms with Crippen LogP contribution in [0.4, 0.5) is 5.69 Å². The largest absolute Gasteiger partial charge is 0.368 e. The highest BCUT2D eigenvalue weighted by molar-refractivity contribution is 7.89. The van der Waals surface area contributed by atoms with Crippen molar-refractivity contribution >= 4 is 21.6 Å². The molecule has 1 aliphatic rings. The summed E-state index contributed by atoms with van der Waals surface area (Å²) in [4.78, 5) is 12.0. The van der Waals surface area contributed by atoms with Crippen molar-refractivity contribution in [3.8, 4) is 0 Å². The maximum absolute atomic E-state index is 11.9. The van der Waals surface area contributed by atoms with Crippen molar-refractivity contribution in [2.75, 3.05) is 26.0 Å². The van der Waals surface area contributed by atoms with Gasteiger partial charge in [-0.25, -0.2) is 12.7 Å². The molecule has 0 unspecified atom stereocenters. The summed E-state index contributed by atoms with van der Waals surface area (Å²) in [5.74, 6) is -0.189. The first-order valence-corrected chi connectivity index (χ1v) is 7.80. The third kappa shape index (κ3) is 3.17. The minimum absolute atomic E-state index is 0.189. The van der Waals surface area contributed by atoms with Crippen LogP contribution in [0.3, 0.4) is 0 Å². The van der Waals surface area contributed by atoms with Crippen LogP contribution in [0.15, 0.2) is 29.2 Å². The van der Waals surface area contributed by atoms with Gasteiger partial charge in [-0.05, 0) is 37.1 Å². The van der Waals surface area contributed by atoms with Gasteiger partial charge in [-0.3, -0.25) is 4.79 Å². The zero-order valence-corrected chi connectivity index (χ0v) is 12.3. The average Bonchev–Trinajstić information content (AvgIpc) is 2.93.